The van der Waals surface area contributed by atoms with Gasteiger partial charge in [0.25, 0.3) is 11.8 Å². The third-order valence-corrected chi connectivity index (χ3v) is 6.44. The minimum atomic E-state index is -0.572. The quantitative estimate of drug-likeness (QED) is 0.752. The molecule has 6 nitrogen and oxygen atoms in total. The Hall–Kier alpha value is -2.77. The summed E-state index contributed by atoms with van der Waals surface area (Å²) in [5, 5.41) is 2.75. The van der Waals surface area contributed by atoms with Crippen LogP contribution in [0.5, 0.6) is 0 Å². The van der Waals surface area contributed by atoms with Crippen LogP contribution in [0.2, 0.25) is 0 Å². The molecule has 2 aromatic rings. The molecule has 2 aliphatic rings. The fourth-order valence-electron chi connectivity index (χ4n) is 4.37. The second kappa shape index (κ2) is 10.2. The second-order valence-electron chi connectivity index (χ2n) is 8.65. The Morgan fingerprint density at radius 3 is 2.25 bits per heavy atom. The summed E-state index contributed by atoms with van der Waals surface area (Å²) in [6.07, 6.45) is 2.61. The zero-order valence-corrected chi connectivity index (χ0v) is 18.6. The molecule has 0 unspecified atom stereocenters. The van der Waals surface area contributed by atoms with E-state index in [1.54, 1.807) is 24.3 Å². The molecule has 0 aromatic heterocycles. The molecule has 2 amide bonds. The normalized spacial score (nSPS) is 17.5. The first-order valence-corrected chi connectivity index (χ1v) is 11.4. The van der Waals surface area contributed by atoms with Crippen LogP contribution in [0, 0.1) is 12.7 Å². The van der Waals surface area contributed by atoms with Gasteiger partial charge in [0.15, 0.2) is 0 Å². The maximum absolute atomic E-state index is 13.9. The number of carbonyl (C=O) groups excluding carboxylic acids is 2. The second-order valence-corrected chi connectivity index (χ2v) is 8.65. The topological polar surface area (TPSA) is 55.9 Å². The maximum Gasteiger partial charge on any atom is 0.258 e. The molecule has 2 fully saturated rings. The van der Waals surface area contributed by atoms with Crippen molar-refractivity contribution >= 4 is 17.5 Å². The maximum atomic E-state index is 13.9. The monoisotopic (exact) mass is 438 g/mol. The van der Waals surface area contributed by atoms with Crippen LogP contribution in [0.1, 0.15) is 39.1 Å². The van der Waals surface area contributed by atoms with E-state index >= 15 is 0 Å². The van der Waals surface area contributed by atoms with E-state index in [-0.39, 0.29) is 11.5 Å². The number of nitrogens with one attached hydrogen (secondary N) is 1. The van der Waals surface area contributed by atoms with Crippen LogP contribution < -0.4 is 5.32 Å². The summed E-state index contributed by atoms with van der Waals surface area (Å²) in [5.74, 6) is -1.13. The zero-order chi connectivity index (χ0) is 22.5. The lowest BCUT2D eigenvalue weighted by Crippen LogP contribution is -2.50. The lowest BCUT2D eigenvalue weighted by atomic mass is 10.1. The highest BCUT2D eigenvalue weighted by Gasteiger charge is 2.23. The lowest BCUT2D eigenvalue weighted by Gasteiger charge is -2.35. The highest BCUT2D eigenvalue weighted by molar-refractivity contribution is 6.05. The van der Waals surface area contributed by atoms with Crippen LogP contribution in [0.15, 0.2) is 42.5 Å². The molecule has 170 valence electrons. The number of anilines is 1. The number of hydrogen-bond donors (Lipinski definition) is 1. The van der Waals surface area contributed by atoms with Gasteiger partial charge in [0, 0.05) is 50.5 Å². The Morgan fingerprint density at radius 2 is 1.56 bits per heavy atom. The van der Waals surface area contributed by atoms with Gasteiger partial charge in [-0.1, -0.05) is 18.2 Å². The van der Waals surface area contributed by atoms with E-state index < -0.39 is 11.7 Å². The predicted molar refractivity (Wildman–Crippen MR) is 124 cm³/mol. The van der Waals surface area contributed by atoms with E-state index in [4.69, 9.17) is 0 Å². The number of aryl methyl sites for hydroxylation is 1. The van der Waals surface area contributed by atoms with Crippen molar-refractivity contribution in [2.24, 2.45) is 0 Å². The first-order valence-electron chi connectivity index (χ1n) is 11.4. The molecule has 32 heavy (non-hydrogen) atoms. The van der Waals surface area contributed by atoms with Crippen molar-refractivity contribution in [3.05, 3.63) is 65.0 Å². The molecule has 2 heterocycles. The van der Waals surface area contributed by atoms with Crippen LogP contribution in [0.3, 0.4) is 0 Å². The van der Waals surface area contributed by atoms with E-state index in [9.17, 15) is 14.0 Å². The SMILES string of the molecule is Cc1ccc(C(=O)N2CCN(CCN3CCCC3)CC2)cc1NC(=O)c1ccccc1F. The van der Waals surface area contributed by atoms with Crippen molar-refractivity contribution in [3.8, 4) is 0 Å². The summed E-state index contributed by atoms with van der Waals surface area (Å²) >= 11 is 0. The fourth-order valence-corrected chi connectivity index (χ4v) is 4.37. The van der Waals surface area contributed by atoms with E-state index in [0.29, 0.717) is 24.3 Å². The average molecular weight is 439 g/mol. The van der Waals surface area contributed by atoms with Gasteiger partial charge in [0.05, 0.1) is 5.56 Å². The van der Waals surface area contributed by atoms with Crippen molar-refractivity contribution in [2.45, 2.75) is 19.8 Å². The summed E-state index contributed by atoms with van der Waals surface area (Å²) in [7, 11) is 0. The smallest absolute Gasteiger partial charge is 0.258 e. The van der Waals surface area contributed by atoms with Crippen molar-refractivity contribution in [1.82, 2.24) is 14.7 Å². The highest BCUT2D eigenvalue weighted by Crippen LogP contribution is 2.20. The molecule has 2 saturated heterocycles. The van der Waals surface area contributed by atoms with Gasteiger partial charge in [0.1, 0.15) is 5.82 Å². The molecular formula is C25H31FN4O2. The van der Waals surface area contributed by atoms with Crippen LogP contribution in [-0.2, 0) is 0 Å². The summed E-state index contributed by atoms with van der Waals surface area (Å²) in [4.78, 5) is 32.4. The van der Waals surface area contributed by atoms with Gasteiger partial charge in [-0.05, 0) is 62.7 Å². The molecule has 0 spiro atoms. The van der Waals surface area contributed by atoms with Crippen LogP contribution in [-0.4, -0.2) is 78.9 Å². The first kappa shape index (κ1) is 22.4. The number of likely N-dealkylation sites (tertiary alicyclic amines) is 1. The average Bonchev–Trinajstić information content (AvgIpc) is 3.33. The number of halogens is 1. The van der Waals surface area contributed by atoms with E-state index in [1.165, 1.54) is 38.1 Å². The van der Waals surface area contributed by atoms with E-state index in [2.05, 4.69) is 15.1 Å². The summed E-state index contributed by atoms with van der Waals surface area (Å²) < 4.78 is 13.9. The number of nitrogens with zero attached hydrogens (tertiary/aromatic N) is 3. The number of rotatable bonds is 6. The van der Waals surface area contributed by atoms with Crippen LogP contribution in [0.25, 0.3) is 0 Å². The van der Waals surface area contributed by atoms with Gasteiger partial charge in [-0.2, -0.15) is 0 Å². The highest BCUT2D eigenvalue weighted by atomic mass is 19.1. The molecular weight excluding hydrogens is 407 g/mol. The molecule has 0 radical (unpaired) electrons. The van der Waals surface area contributed by atoms with Crippen LogP contribution >= 0.6 is 0 Å². The Kier molecular flexibility index (Phi) is 7.17. The lowest BCUT2D eigenvalue weighted by molar-refractivity contribution is 0.0626. The number of hydrogen-bond acceptors (Lipinski definition) is 4. The molecule has 0 bridgehead atoms. The molecule has 7 heteroatoms. The summed E-state index contributed by atoms with van der Waals surface area (Å²) in [6, 6.07) is 11.2. The number of piperazine rings is 1. The van der Waals surface area contributed by atoms with Gasteiger partial charge < -0.3 is 15.1 Å². The van der Waals surface area contributed by atoms with Gasteiger partial charge in [-0.25, -0.2) is 4.39 Å². The fraction of sp³-hybridized carbons (Fsp3) is 0.440. The molecule has 0 aliphatic carbocycles. The van der Waals surface area contributed by atoms with Gasteiger partial charge in [0.2, 0.25) is 0 Å². The number of amides is 2. The Labute approximate surface area is 189 Å². The van der Waals surface area contributed by atoms with Crippen molar-refractivity contribution < 1.29 is 14.0 Å². The molecule has 0 atom stereocenters. The molecule has 2 aliphatic heterocycles. The largest absolute Gasteiger partial charge is 0.336 e. The number of benzene rings is 2. The third kappa shape index (κ3) is 5.34. The minimum absolute atomic E-state index is 0.0197. The molecule has 0 saturated carbocycles. The Balaban J connectivity index is 1.35. The minimum Gasteiger partial charge on any atom is -0.336 e. The molecule has 4 rings (SSSR count). The van der Waals surface area contributed by atoms with E-state index in [0.717, 1.165) is 31.7 Å². The Bertz CT molecular complexity index is 966. The summed E-state index contributed by atoms with van der Waals surface area (Å²) in [5.41, 5.74) is 1.85. The summed E-state index contributed by atoms with van der Waals surface area (Å²) in [6.45, 7) is 9.58. The first-order chi connectivity index (χ1) is 15.5. The van der Waals surface area contributed by atoms with Crippen LogP contribution in [0.4, 0.5) is 10.1 Å². The molecule has 2 aromatic carbocycles. The van der Waals surface area contributed by atoms with Crippen molar-refractivity contribution in [3.63, 3.8) is 0 Å². The predicted octanol–water partition coefficient (Wildman–Crippen LogP) is 3.24. The van der Waals surface area contributed by atoms with Gasteiger partial charge in [-0.3, -0.25) is 14.5 Å². The van der Waals surface area contributed by atoms with Crippen molar-refractivity contribution in [1.29, 1.82) is 0 Å². The van der Waals surface area contributed by atoms with Gasteiger partial charge in [-0.15, -0.1) is 0 Å². The zero-order valence-electron chi connectivity index (χ0n) is 18.6. The Morgan fingerprint density at radius 1 is 0.906 bits per heavy atom. The standard InChI is InChI=1S/C25H31FN4O2/c1-19-8-9-20(18-23(19)27-24(31)21-6-2-3-7-22(21)26)25(32)30-16-14-29(15-17-30)13-12-28-10-4-5-11-28/h2-3,6-9,18H,4-5,10-17H2,1H3,(H,27,31). The molecule has 1 N–H and O–H groups in total. The number of carbonyl (C=O) groups is 2. The van der Waals surface area contributed by atoms with Crippen molar-refractivity contribution in [2.75, 3.05) is 57.7 Å². The van der Waals surface area contributed by atoms with Gasteiger partial charge >= 0.3 is 0 Å². The van der Waals surface area contributed by atoms with E-state index in [1.807, 2.05) is 17.9 Å². The third-order valence-electron chi connectivity index (χ3n) is 6.44.